The highest BCUT2D eigenvalue weighted by atomic mass is 16.4. The molecule has 0 amide bonds. The summed E-state index contributed by atoms with van der Waals surface area (Å²) in [6.07, 6.45) is 3.01. The number of rotatable bonds is 3. The number of nitrogens with one attached hydrogen (secondary N) is 1. The van der Waals surface area contributed by atoms with Crippen molar-refractivity contribution >= 4 is 5.97 Å². The van der Waals surface area contributed by atoms with Gasteiger partial charge in [0.1, 0.15) is 12.4 Å². The third kappa shape index (κ3) is 2.57. The first-order chi connectivity index (χ1) is 8.04. The first-order valence-electron chi connectivity index (χ1n) is 4.87. The zero-order valence-corrected chi connectivity index (χ0v) is 9.04. The van der Waals surface area contributed by atoms with Crippen LogP contribution in [0.5, 0.6) is 0 Å². The normalized spacial score (nSPS) is 10.4. The summed E-state index contributed by atoms with van der Waals surface area (Å²) in [5, 5.41) is 12.5. The van der Waals surface area contributed by atoms with Gasteiger partial charge in [-0.05, 0) is 6.92 Å². The van der Waals surface area contributed by atoms with Gasteiger partial charge in [-0.25, -0.2) is 4.98 Å². The molecule has 0 aliphatic rings. The number of H-pyrrole nitrogens is 1. The molecule has 2 rings (SSSR count). The number of hydrogen-bond acceptors (Lipinski definition) is 4. The van der Waals surface area contributed by atoms with Gasteiger partial charge in [-0.3, -0.25) is 14.3 Å². The zero-order valence-electron chi connectivity index (χ0n) is 9.04. The molecular formula is C10H10N4O3. The van der Waals surface area contributed by atoms with Crippen LogP contribution < -0.4 is 5.56 Å². The average Bonchev–Trinajstić information content (AvgIpc) is 2.63. The fourth-order valence-electron chi connectivity index (χ4n) is 1.45. The van der Waals surface area contributed by atoms with Crippen molar-refractivity contribution in [3.8, 4) is 11.3 Å². The molecular weight excluding hydrogens is 224 g/mol. The highest BCUT2D eigenvalue weighted by Gasteiger charge is 2.06. The van der Waals surface area contributed by atoms with E-state index in [1.165, 1.54) is 23.1 Å². The van der Waals surface area contributed by atoms with Crippen molar-refractivity contribution in [1.82, 2.24) is 19.7 Å². The summed E-state index contributed by atoms with van der Waals surface area (Å²) in [6.45, 7) is 1.45. The van der Waals surface area contributed by atoms with Gasteiger partial charge in [-0.1, -0.05) is 0 Å². The maximum absolute atomic E-state index is 11.3. The van der Waals surface area contributed by atoms with Gasteiger partial charge in [-0.2, -0.15) is 5.10 Å². The third-order valence-electron chi connectivity index (χ3n) is 2.09. The minimum absolute atomic E-state index is 0.220. The molecule has 2 aromatic heterocycles. The van der Waals surface area contributed by atoms with Gasteiger partial charge >= 0.3 is 5.97 Å². The Morgan fingerprint density at radius 1 is 1.59 bits per heavy atom. The molecule has 0 atom stereocenters. The molecule has 0 unspecified atom stereocenters. The van der Waals surface area contributed by atoms with E-state index in [0.717, 1.165) is 0 Å². The molecule has 2 N–H and O–H groups in total. The molecule has 0 aliphatic carbocycles. The fourth-order valence-corrected chi connectivity index (χ4v) is 1.45. The fraction of sp³-hybridized carbons (Fsp3) is 0.200. The van der Waals surface area contributed by atoms with Crippen molar-refractivity contribution in [3.63, 3.8) is 0 Å². The van der Waals surface area contributed by atoms with Gasteiger partial charge in [0.05, 0.1) is 11.9 Å². The minimum atomic E-state index is -0.977. The van der Waals surface area contributed by atoms with Crippen molar-refractivity contribution < 1.29 is 9.90 Å². The maximum Gasteiger partial charge on any atom is 0.325 e. The van der Waals surface area contributed by atoms with E-state index < -0.39 is 5.97 Å². The second-order valence-electron chi connectivity index (χ2n) is 3.54. The quantitative estimate of drug-likeness (QED) is 0.780. The summed E-state index contributed by atoms with van der Waals surface area (Å²) in [5.41, 5.74) is 0.835. The Morgan fingerprint density at radius 2 is 2.35 bits per heavy atom. The van der Waals surface area contributed by atoms with Crippen LogP contribution in [0.3, 0.4) is 0 Å². The van der Waals surface area contributed by atoms with Crippen LogP contribution in [0.1, 0.15) is 5.82 Å². The number of aliphatic carboxylic acids is 1. The summed E-state index contributed by atoms with van der Waals surface area (Å²) in [7, 11) is 0. The molecule has 7 nitrogen and oxygen atoms in total. The molecule has 88 valence electrons. The molecule has 0 saturated heterocycles. The minimum Gasteiger partial charge on any atom is -0.480 e. The average molecular weight is 234 g/mol. The lowest BCUT2D eigenvalue weighted by Crippen LogP contribution is -2.09. The van der Waals surface area contributed by atoms with E-state index in [9.17, 15) is 9.59 Å². The van der Waals surface area contributed by atoms with Gasteiger partial charge in [0.2, 0.25) is 0 Å². The second kappa shape index (κ2) is 4.20. The van der Waals surface area contributed by atoms with Crippen molar-refractivity contribution in [3.05, 3.63) is 34.6 Å². The van der Waals surface area contributed by atoms with E-state index in [-0.39, 0.29) is 12.1 Å². The monoisotopic (exact) mass is 234 g/mol. The number of carboxylic acid groups (broad SMARTS) is 1. The number of carboxylic acids is 1. The van der Waals surface area contributed by atoms with Gasteiger partial charge < -0.3 is 10.1 Å². The smallest absolute Gasteiger partial charge is 0.325 e. The van der Waals surface area contributed by atoms with Crippen LogP contribution in [-0.4, -0.2) is 30.8 Å². The predicted molar refractivity (Wildman–Crippen MR) is 58.5 cm³/mol. The summed E-state index contributed by atoms with van der Waals surface area (Å²) in [4.78, 5) is 28.4. The molecule has 0 bridgehead atoms. The highest BCUT2D eigenvalue weighted by molar-refractivity contribution is 5.66. The van der Waals surface area contributed by atoms with Crippen LogP contribution in [0.2, 0.25) is 0 Å². The van der Waals surface area contributed by atoms with E-state index in [4.69, 9.17) is 5.11 Å². The van der Waals surface area contributed by atoms with E-state index in [2.05, 4.69) is 15.1 Å². The molecule has 0 saturated carbocycles. The molecule has 0 aliphatic heterocycles. The molecule has 17 heavy (non-hydrogen) atoms. The molecule has 2 heterocycles. The standard InChI is InChI=1S/C10H10N4O3/c1-6-12-8(2-9(15)13-6)7-3-11-14(4-7)5-10(16)17/h2-4H,5H2,1H3,(H,16,17)(H,12,13,15). The van der Waals surface area contributed by atoms with E-state index in [1.807, 2.05) is 0 Å². The Kier molecular flexibility index (Phi) is 2.73. The number of aromatic amines is 1. The van der Waals surface area contributed by atoms with Crippen molar-refractivity contribution in [2.45, 2.75) is 13.5 Å². The number of aromatic nitrogens is 4. The molecule has 0 radical (unpaired) electrons. The Hall–Kier alpha value is -2.44. The third-order valence-corrected chi connectivity index (χ3v) is 2.09. The summed E-state index contributed by atoms with van der Waals surface area (Å²) < 4.78 is 1.27. The van der Waals surface area contributed by atoms with Crippen LogP contribution in [0.4, 0.5) is 0 Å². The predicted octanol–water partition coefficient (Wildman–Crippen LogP) is 0.0264. The van der Waals surface area contributed by atoms with Gasteiger partial charge in [0.15, 0.2) is 0 Å². The molecule has 7 heteroatoms. The number of nitrogens with zero attached hydrogens (tertiary/aromatic N) is 3. The SMILES string of the molecule is Cc1nc(-c2cnn(CC(=O)O)c2)cc(=O)[nH]1. The molecule has 0 fully saturated rings. The number of carbonyl (C=O) groups is 1. The first kappa shape index (κ1) is 11.1. The lowest BCUT2D eigenvalue weighted by atomic mass is 10.2. The van der Waals surface area contributed by atoms with Gasteiger partial charge in [-0.15, -0.1) is 0 Å². The Balaban J connectivity index is 2.36. The Morgan fingerprint density at radius 3 is 3.00 bits per heavy atom. The Labute approximate surface area is 95.7 Å². The highest BCUT2D eigenvalue weighted by Crippen LogP contribution is 2.13. The molecule has 0 aromatic carbocycles. The van der Waals surface area contributed by atoms with Gasteiger partial charge in [0, 0.05) is 17.8 Å². The topological polar surface area (TPSA) is 101 Å². The number of hydrogen-bond donors (Lipinski definition) is 2. The van der Waals surface area contributed by atoms with Crippen molar-refractivity contribution in [2.24, 2.45) is 0 Å². The van der Waals surface area contributed by atoms with E-state index >= 15 is 0 Å². The van der Waals surface area contributed by atoms with Crippen LogP contribution in [0, 0.1) is 6.92 Å². The maximum atomic E-state index is 11.3. The van der Waals surface area contributed by atoms with E-state index in [0.29, 0.717) is 17.1 Å². The molecule has 0 spiro atoms. The van der Waals surface area contributed by atoms with Crippen molar-refractivity contribution in [1.29, 1.82) is 0 Å². The first-order valence-corrected chi connectivity index (χ1v) is 4.87. The van der Waals surface area contributed by atoms with Crippen LogP contribution in [0.25, 0.3) is 11.3 Å². The van der Waals surface area contributed by atoms with E-state index in [1.54, 1.807) is 6.92 Å². The van der Waals surface area contributed by atoms with Crippen LogP contribution in [-0.2, 0) is 11.3 Å². The second-order valence-corrected chi connectivity index (χ2v) is 3.54. The summed E-state index contributed by atoms with van der Waals surface area (Å²) in [5.74, 6) is -0.479. The largest absolute Gasteiger partial charge is 0.480 e. The summed E-state index contributed by atoms with van der Waals surface area (Å²) in [6, 6.07) is 1.34. The lowest BCUT2D eigenvalue weighted by Gasteiger charge is -1.97. The van der Waals surface area contributed by atoms with Gasteiger partial charge in [0.25, 0.3) is 5.56 Å². The lowest BCUT2D eigenvalue weighted by molar-refractivity contribution is -0.137. The number of aryl methyl sites for hydroxylation is 1. The van der Waals surface area contributed by atoms with Crippen molar-refractivity contribution in [2.75, 3.05) is 0 Å². The van der Waals surface area contributed by atoms with Crippen LogP contribution >= 0.6 is 0 Å². The Bertz CT molecular complexity index is 614. The summed E-state index contributed by atoms with van der Waals surface area (Å²) >= 11 is 0. The molecule has 2 aromatic rings. The zero-order chi connectivity index (χ0) is 12.4. The van der Waals surface area contributed by atoms with Crippen LogP contribution in [0.15, 0.2) is 23.3 Å².